The number of fused-ring (bicyclic) bond motifs is 2. The second-order valence-corrected chi connectivity index (χ2v) is 9.17. The lowest BCUT2D eigenvalue weighted by molar-refractivity contribution is 0.0933. The number of benzene rings is 2. The van der Waals surface area contributed by atoms with Gasteiger partial charge in [-0.1, -0.05) is 12.1 Å². The van der Waals surface area contributed by atoms with Crippen molar-refractivity contribution in [2.75, 3.05) is 27.3 Å². The Morgan fingerprint density at radius 2 is 1.92 bits per heavy atom. The van der Waals surface area contributed by atoms with Gasteiger partial charge in [-0.15, -0.1) is 0 Å². The molecule has 1 aliphatic heterocycles. The van der Waals surface area contributed by atoms with Crippen LogP contribution in [-0.4, -0.2) is 58.8 Å². The predicted octanol–water partition coefficient (Wildman–Crippen LogP) is 3.50. The van der Waals surface area contributed by atoms with Crippen LogP contribution >= 0.6 is 0 Å². The third-order valence-electron chi connectivity index (χ3n) is 6.51. The molecule has 0 bridgehead atoms. The Morgan fingerprint density at radius 1 is 1.11 bits per heavy atom. The van der Waals surface area contributed by atoms with Crippen LogP contribution in [0.1, 0.15) is 34.0 Å². The molecule has 2 aromatic carbocycles. The molecule has 0 aliphatic carbocycles. The maximum atomic E-state index is 12.6. The summed E-state index contributed by atoms with van der Waals surface area (Å²) in [5.41, 5.74) is 4.71. The van der Waals surface area contributed by atoms with Gasteiger partial charge in [0.25, 0.3) is 5.91 Å². The molecule has 3 heterocycles. The van der Waals surface area contributed by atoms with Crippen molar-refractivity contribution in [3.05, 3.63) is 83.3 Å². The molecule has 1 atom stereocenters. The second kappa shape index (κ2) is 10.9. The molecule has 0 unspecified atom stereocenters. The Morgan fingerprint density at radius 3 is 2.73 bits per heavy atom. The molecule has 2 aromatic heterocycles. The number of hydrogen-bond acceptors (Lipinski definition) is 7. The van der Waals surface area contributed by atoms with Gasteiger partial charge in [-0.25, -0.2) is 9.50 Å². The zero-order chi connectivity index (χ0) is 25.8. The van der Waals surface area contributed by atoms with Gasteiger partial charge in [0, 0.05) is 32.0 Å². The fourth-order valence-electron chi connectivity index (χ4n) is 4.64. The number of rotatable bonds is 9. The van der Waals surface area contributed by atoms with Crippen molar-refractivity contribution in [2.24, 2.45) is 0 Å². The Bertz CT molecular complexity index is 1400. The first kappa shape index (κ1) is 24.6. The molecular formula is C28H31N5O4. The highest BCUT2D eigenvalue weighted by Gasteiger charge is 2.20. The first-order chi connectivity index (χ1) is 18.0. The molecule has 1 N–H and O–H groups in total. The number of nitrogens with one attached hydrogen (secondary N) is 1. The SMILES string of the molecule is COc1cc2c(cc1OC)CN(Cc1cccc(O[C@H](C)CNC(=O)c3cnn4cccnc34)c1)CC2. The van der Waals surface area contributed by atoms with Crippen molar-refractivity contribution in [3.8, 4) is 17.2 Å². The number of hydrogen-bond donors (Lipinski definition) is 1. The fourth-order valence-corrected chi connectivity index (χ4v) is 4.64. The van der Waals surface area contributed by atoms with Crippen molar-refractivity contribution >= 4 is 11.6 Å². The molecule has 9 nitrogen and oxygen atoms in total. The molecule has 0 saturated carbocycles. The summed E-state index contributed by atoms with van der Waals surface area (Å²) >= 11 is 0. The number of nitrogens with zero attached hydrogens (tertiary/aromatic N) is 4. The highest BCUT2D eigenvalue weighted by atomic mass is 16.5. The van der Waals surface area contributed by atoms with Gasteiger partial charge in [0.1, 0.15) is 17.4 Å². The fraction of sp³-hybridized carbons (Fsp3) is 0.321. The van der Waals surface area contributed by atoms with E-state index in [9.17, 15) is 4.79 Å². The van der Waals surface area contributed by atoms with E-state index < -0.39 is 0 Å². The van der Waals surface area contributed by atoms with E-state index in [0.29, 0.717) is 17.8 Å². The van der Waals surface area contributed by atoms with Gasteiger partial charge in [-0.2, -0.15) is 5.10 Å². The first-order valence-corrected chi connectivity index (χ1v) is 12.3. The summed E-state index contributed by atoms with van der Waals surface area (Å²) in [5.74, 6) is 2.09. The molecule has 0 spiro atoms. The van der Waals surface area contributed by atoms with E-state index in [1.807, 2.05) is 19.1 Å². The van der Waals surface area contributed by atoms with Crippen molar-refractivity contribution < 1.29 is 19.0 Å². The van der Waals surface area contributed by atoms with Crippen LogP contribution in [0.5, 0.6) is 17.2 Å². The van der Waals surface area contributed by atoms with Gasteiger partial charge in [0.15, 0.2) is 17.1 Å². The third-order valence-corrected chi connectivity index (χ3v) is 6.51. The molecule has 0 fully saturated rings. The van der Waals surface area contributed by atoms with E-state index >= 15 is 0 Å². The van der Waals surface area contributed by atoms with Crippen LogP contribution in [0.4, 0.5) is 0 Å². The van der Waals surface area contributed by atoms with E-state index in [1.54, 1.807) is 37.2 Å². The first-order valence-electron chi connectivity index (χ1n) is 12.3. The summed E-state index contributed by atoms with van der Waals surface area (Å²) in [6, 6.07) is 14.1. The summed E-state index contributed by atoms with van der Waals surface area (Å²) in [5, 5.41) is 7.09. The average molecular weight is 502 g/mol. The second-order valence-electron chi connectivity index (χ2n) is 9.17. The van der Waals surface area contributed by atoms with Crippen LogP contribution in [0.3, 0.4) is 0 Å². The minimum absolute atomic E-state index is 0.210. The lowest BCUT2D eigenvalue weighted by Gasteiger charge is -2.29. The van der Waals surface area contributed by atoms with E-state index in [1.165, 1.54) is 22.9 Å². The van der Waals surface area contributed by atoms with Gasteiger partial charge >= 0.3 is 0 Å². The number of amides is 1. The molecule has 9 heteroatoms. The summed E-state index contributed by atoms with van der Waals surface area (Å²) in [7, 11) is 3.34. The maximum Gasteiger partial charge on any atom is 0.256 e. The number of methoxy groups -OCH3 is 2. The van der Waals surface area contributed by atoms with Crippen LogP contribution in [0, 0.1) is 0 Å². The van der Waals surface area contributed by atoms with Gasteiger partial charge in [-0.3, -0.25) is 9.69 Å². The summed E-state index contributed by atoms with van der Waals surface area (Å²) in [6.07, 6.45) is 5.68. The van der Waals surface area contributed by atoms with Crippen LogP contribution in [0.2, 0.25) is 0 Å². The third kappa shape index (κ3) is 5.51. The predicted molar refractivity (Wildman–Crippen MR) is 139 cm³/mol. The van der Waals surface area contributed by atoms with Crippen molar-refractivity contribution in [2.45, 2.75) is 32.5 Å². The van der Waals surface area contributed by atoms with Crippen molar-refractivity contribution in [3.63, 3.8) is 0 Å². The van der Waals surface area contributed by atoms with E-state index in [2.05, 4.69) is 44.6 Å². The zero-order valence-electron chi connectivity index (χ0n) is 21.3. The highest BCUT2D eigenvalue weighted by molar-refractivity contribution is 5.99. The van der Waals surface area contributed by atoms with E-state index in [0.717, 1.165) is 43.3 Å². The molecular weight excluding hydrogens is 470 g/mol. The van der Waals surface area contributed by atoms with Gasteiger partial charge < -0.3 is 19.5 Å². The molecule has 1 aliphatic rings. The van der Waals surface area contributed by atoms with Gasteiger partial charge in [-0.05, 0) is 60.4 Å². The summed E-state index contributed by atoms with van der Waals surface area (Å²) in [4.78, 5) is 19.3. The average Bonchev–Trinajstić information content (AvgIpc) is 3.35. The summed E-state index contributed by atoms with van der Waals surface area (Å²) < 4.78 is 18.6. The Balaban J connectivity index is 1.17. The molecule has 0 saturated heterocycles. The molecule has 0 radical (unpaired) electrons. The Labute approximate surface area is 216 Å². The van der Waals surface area contributed by atoms with Crippen LogP contribution in [-0.2, 0) is 19.5 Å². The largest absolute Gasteiger partial charge is 0.493 e. The topological polar surface area (TPSA) is 90.2 Å². The van der Waals surface area contributed by atoms with E-state index in [4.69, 9.17) is 14.2 Å². The van der Waals surface area contributed by atoms with Crippen molar-refractivity contribution in [1.82, 2.24) is 24.8 Å². The van der Waals surface area contributed by atoms with Crippen LogP contribution in [0.25, 0.3) is 5.65 Å². The number of ether oxygens (including phenoxy) is 3. The normalized spacial score (nSPS) is 14.1. The molecule has 1 amide bonds. The van der Waals surface area contributed by atoms with Gasteiger partial charge in [0.05, 0.1) is 27.0 Å². The quantitative estimate of drug-likeness (QED) is 0.375. The smallest absolute Gasteiger partial charge is 0.256 e. The maximum absolute atomic E-state index is 12.6. The lowest BCUT2D eigenvalue weighted by Crippen LogP contribution is -2.33. The number of carbonyl (C=O) groups is 1. The highest BCUT2D eigenvalue weighted by Crippen LogP contribution is 2.33. The van der Waals surface area contributed by atoms with E-state index in [-0.39, 0.29) is 12.0 Å². The Kier molecular flexibility index (Phi) is 7.23. The summed E-state index contributed by atoms with van der Waals surface area (Å²) in [6.45, 7) is 4.93. The van der Waals surface area contributed by atoms with Gasteiger partial charge in [0.2, 0.25) is 0 Å². The molecule has 192 valence electrons. The standard InChI is InChI=1S/C28H31N5O4/c1-19(15-30-28(34)24-16-31-33-10-5-9-29-27(24)33)37-23-7-4-6-20(12-23)17-32-11-8-21-13-25(35-2)26(36-3)14-22(21)18-32/h4-7,9-10,12-14,16,19H,8,11,15,17-18H2,1-3H3,(H,30,34)/t19-/m1/s1. The van der Waals surface area contributed by atoms with Crippen LogP contribution < -0.4 is 19.5 Å². The monoisotopic (exact) mass is 501 g/mol. The lowest BCUT2D eigenvalue weighted by atomic mass is 9.98. The number of aromatic nitrogens is 3. The minimum atomic E-state index is -0.225. The molecule has 4 aromatic rings. The Hall–Kier alpha value is -4.11. The zero-order valence-corrected chi connectivity index (χ0v) is 21.3. The molecule has 5 rings (SSSR count). The number of carbonyl (C=O) groups excluding carboxylic acids is 1. The molecule has 37 heavy (non-hydrogen) atoms. The minimum Gasteiger partial charge on any atom is -0.493 e. The van der Waals surface area contributed by atoms with Crippen molar-refractivity contribution in [1.29, 1.82) is 0 Å². The van der Waals surface area contributed by atoms with Crippen LogP contribution in [0.15, 0.2) is 61.1 Å².